The van der Waals surface area contributed by atoms with Crippen LogP contribution in [0.4, 0.5) is 0 Å². The van der Waals surface area contributed by atoms with Crippen LogP contribution in [0.5, 0.6) is 0 Å². The van der Waals surface area contributed by atoms with Crippen LogP contribution in [0.3, 0.4) is 0 Å². The van der Waals surface area contributed by atoms with Gasteiger partial charge < -0.3 is 40.3 Å². The van der Waals surface area contributed by atoms with Crippen molar-refractivity contribution < 1.29 is 74.0 Å². The van der Waals surface area contributed by atoms with Gasteiger partial charge in [-0.25, -0.2) is 0 Å². The second kappa shape index (κ2) is 36.7. The number of hydrogen-bond donors (Lipinski definition) is 6. The molecule has 0 radical (unpaired) electrons. The predicted octanol–water partition coefficient (Wildman–Crippen LogP) is 9.60. The first kappa shape index (κ1) is 56.3. The summed E-state index contributed by atoms with van der Waals surface area (Å²) < 4.78 is 11.5. The summed E-state index contributed by atoms with van der Waals surface area (Å²) in [5.41, 5.74) is 0. The van der Waals surface area contributed by atoms with E-state index >= 15 is 0 Å². The molecule has 0 saturated carbocycles. The molecule has 2 unspecified atom stereocenters. The maximum Gasteiger partial charge on any atom is 0.297 e. The average Bonchev–Trinajstić information content (AvgIpc) is 3.27. The fourth-order valence-electron chi connectivity index (χ4n) is 5.56. The molecule has 1 aliphatic rings. The lowest BCUT2D eigenvalue weighted by Crippen LogP contribution is -2.60. The number of carbonyl (C=O) groups is 1. The summed E-state index contributed by atoms with van der Waals surface area (Å²) in [4.78, 5) is 12.8. The molecule has 0 aromatic heterocycles. The van der Waals surface area contributed by atoms with Crippen molar-refractivity contribution in [3.8, 4) is 142 Å². The lowest BCUT2D eigenvalue weighted by Gasteiger charge is -2.41. The van der Waals surface area contributed by atoms with Gasteiger partial charge in [0.1, 0.15) is 24.4 Å². The molecule has 8 atom stereocenters. The Kier molecular flexibility index (Phi) is 32.3. The molecule has 10 heteroatoms. The fourth-order valence-corrected chi connectivity index (χ4v) is 6.50. The summed E-state index contributed by atoms with van der Waals surface area (Å²) in [6.45, 7) is 9.47. The molecule has 1 rings (SSSR count). The number of aliphatic hydroxyl groups is 5. The van der Waals surface area contributed by atoms with Crippen molar-refractivity contribution in [2.24, 2.45) is 0 Å². The van der Waals surface area contributed by atoms with Gasteiger partial charge in [-0.1, -0.05) is 111 Å². The van der Waals surface area contributed by atoms with Gasteiger partial charge in [0.05, 0.1) is 24.9 Å². The third kappa shape index (κ3) is 29.5. The van der Waals surface area contributed by atoms with Crippen molar-refractivity contribution in [2.45, 2.75) is 172 Å². The molecular weight excluding hydrogens is 823 g/mol. The van der Waals surface area contributed by atoms with Gasteiger partial charge in [0.2, 0.25) is 0 Å². The highest BCUT2D eigenvalue weighted by atomic mass is 32.2. The Balaban J connectivity index is -0.0000000776. The number of thioether (sulfide) groups is 1. The van der Waals surface area contributed by atoms with Crippen LogP contribution in [0.15, 0.2) is 0 Å². The largest absolute Gasteiger partial charge is 0.390 e. The highest BCUT2D eigenvalue weighted by Crippen LogP contribution is 2.30. The van der Waals surface area contributed by atoms with Crippen molar-refractivity contribution >= 4 is 17.7 Å². The standard InChI is InChI=1S/C54H59NO8S.24H2/c1-6-8-10-12-14-16-18-20-21-22-23-24-25-26-27-28-29-30-32-34-36-38-40-42-48(57)55-45(43-62-53-52(61)51(60)50(59)47(63-53)44-64-54(3,4)5)49(58)46(56)41-39-37-35-33-31-19-17-15-13-11-9-7-2;;;;;;;;;;;;;;;;;;;;;;;;/h45-47,49-53,56,58-61H,7,9,11,13,15,17,19,31,33,35,37,39,41,43-44H2,1-5H3,(H,55,57);24*1H/t45-,46+,47?,49-,50-,51-,52?,53-;;;;;;;;;;;;;;;;;;;;;;;;/m0......................../s1. The van der Waals surface area contributed by atoms with E-state index in [0.29, 0.717) is 12.2 Å². The summed E-state index contributed by atoms with van der Waals surface area (Å²) >= 11 is 1.50. The monoisotopic (exact) mass is 930 g/mol. The van der Waals surface area contributed by atoms with Gasteiger partial charge in [0.25, 0.3) is 5.91 Å². The number of hydrogen-bond acceptors (Lipinski definition) is 9. The summed E-state index contributed by atoms with van der Waals surface area (Å²) in [5, 5.41) is 56.5. The molecule has 382 valence electrons. The molecule has 1 fully saturated rings. The minimum atomic E-state index is -1.62. The Bertz CT molecular complexity index is 2330. The van der Waals surface area contributed by atoms with E-state index in [0.717, 1.165) is 19.3 Å². The Hall–Kier alpha value is -5.74. The van der Waals surface area contributed by atoms with E-state index in [1.54, 1.807) is 6.92 Å². The van der Waals surface area contributed by atoms with E-state index in [1.165, 1.54) is 63.1 Å². The molecule has 1 saturated heterocycles. The number of ether oxygens (including phenoxy) is 2. The maximum absolute atomic E-state index is 12.8. The van der Waals surface area contributed by atoms with Crippen molar-refractivity contribution in [3.05, 3.63) is 0 Å². The van der Waals surface area contributed by atoms with E-state index in [9.17, 15) is 30.3 Å². The topological polar surface area (TPSA) is 149 Å². The van der Waals surface area contributed by atoms with Crippen LogP contribution in [0.1, 0.15) is 152 Å². The normalized spacial score (nSPS) is 17.7. The van der Waals surface area contributed by atoms with E-state index in [-0.39, 0.29) is 45.4 Å². The average molecular weight is 931 g/mol. The zero-order valence-electron chi connectivity index (χ0n) is 37.6. The molecule has 0 aliphatic carbocycles. The van der Waals surface area contributed by atoms with Crippen LogP contribution in [-0.4, -0.2) is 97.5 Å². The molecule has 0 bridgehead atoms. The Morgan fingerprint density at radius 1 is 0.625 bits per heavy atom. The van der Waals surface area contributed by atoms with Gasteiger partial charge in [-0.15, -0.1) is 0 Å². The van der Waals surface area contributed by atoms with Crippen LogP contribution >= 0.6 is 11.8 Å². The first-order valence-corrected chi connectivity index (χ1v) is 22.4. The second-order valence-electron chi connectivity index (χ2n) is 15.2. The van der Waals surface area contributed by atoms with Crippen molar-refractivity contribution in [2.75, 3.05) is 12.4 Å². The molecule has 6 N–H and O–H groups in total. The van der Waals surface area contributed by atoms with Gasteiger partial charge in [0, 0.05) is 86.2 Å². The van der Waals surface area contributed by atoms with E-state index in [2.05, 4.69) is 154 Å². The fraction of sp³-hybridized carbons (Fsp3) is 0.537. The van der Waals surface area contributed by atoms with Crippen molar-refractivity contribution in [1.82, 2.24) is 5.32 Å². The summed E-state index contributed by atoms with van der Waals surface area (Å²) in [5.74, 6) is 59.2. The van der Waals surface area contributed by atoms with Crippen LogP contribution in [-0.2, 0) is 14.3 Å². The highest BCUT2D eigenvalue weighted by molar-refractivity contribution is 8.00. The number of nitrogens with one attached hydrogen (secondary N) is 1. The predicted molar refractivity (Wildman–Crippen MR) is 304 cm³/mol. The van der Waals surface area contributed by atoms with Gasteiger partial charge >= 0.3 is 0 Å². The molecule has 1 aliphatic heterocycles. The van der Waals surface area contributed by atoms with E-state index < -0.39 is 61.5 Å². The molecule has 1 amide bonds. The number of carbonyl (C=O) groups excluding carboxylic acids is 1. The molecular formula is C54H107NO8S. The van der Waals surface area contributed by atoms with Crippen molar-refractivity contribution in [1.29, 1.82) is 0 Å². The number of aliphatic hydroxyl groups excluding tert-OH is 5. The quantitative estimate of drug-likeness (QED) is 0.0489. The zero-order chi connectivity index (χ0) is 47.1. The van der Waals surface area contributed by atoms with Gasteiger partial charge in [-0.3, -0.25) is 4.79 Å². The molecule has 64 heavy (non-hydrogen) atoms. The summed E-state index contributed by atoms with van der Waals surface area (Å²) in [6, 6.07) is -1.19. The maximum atomic E-state index is 12.8. The first-order valence-electron chi connectivity index (χ1n) is 21.5. The molecule has 9 nitrogen and oxygen atoms in total. The van der Waals surface area contributed by atoms with Gasteiger partial charge in [-0.2, -0.15) is 11.8 Å². The number of amides is 1. The number of rotatable bonds is 21. The minimum Gasteiger partial charge on any atom is -0.390 e. The summed E-state index contributed by atoms with van der Waals surface area (Å²) in [6.07, 6.45) is 4.64. The van der Waals surface area contributed by atoms with Gasteiger partial charge in [-0.05, 0) is 108 Å². The third-order valence-corrected chi connectivity index (χ3v) is 10.2. The molecule has 0 aromatic rings. The Labute approximate surface area is 423 Å². The van der Waals surface area contributed by atoms with Gasteiger partial charge in [0.15, 0.2) is 6.29 Å². The second-order valence-corrected chi connectivity index (χ2v) is 17.1. The zero-order valence-corrected chi connectivity index (χ0v) is 38.4. The minimum absolute atomic E-state index is 0. The Morgan fingerprint density at radius 2 is 1.03 bits per heavy atom. The SMILES string of the molecule is CC#CC#CC#CC#CC#CC#CC#CC#CC#CC#CC#CC#CC(=O)N[C@@H](CO[C@H]1OC(CSC(C)(C)C)[C@H](O)[C@H](O)C1O)[C@H](O)[C@H](O)CCCCCCCCCCCCCC.[HH].[HH].[HH].[HH].[HH].[HH].[HH].[HH].[HH].[HH].[HH].[HH].[HH].[HH].[HH].[HH].[HH].[HH].[HH].[HH].[HH].[HH].[HH].[HH]. The first-order chi connectivity index (χ1) is 30.9. The lowest BCUT2D eigenvalue weighted by atomic mass is 9.98. The van der Waals surface area contributed by atoms with Crippen LogP contribution < -0.4 is 5.32 Å². The van der Waals surface area contributed by atoms with Crippen LogP contribution in [0.25, 0.3) is 0 Å². The van der Waals surface area contributed by atoms with E-state index in [4.69, 9.17) is 9.47 Å². The summed E-state index contributed by atoms with van der Waals surface area (Å²) in [7, 11) is 0. The van der Waals surface area contributed by atoms with Crippen LogP contribution in [0, 0.1) is 142 Å². The number of unbranched alkanes of at least 4 members (excludes halogenated alkanes) is 11. The third-order valence-electron chi connectivity index (χ3n) is 8.88. The smallest absolute Gasteiger partial charge is 0.297 e. The molecule has 1 heterocycles. The molecule has 0 aromatic carbocycles. The Morgan fingerprint density at radius 3 is 1.45 bits per heavy atom. The highest BCUT2D eigenvalue weighted by Gasteiger charge is 2.45. The molecule has 0 spiro atoms. The van der Waals surface area contributed by atoms with E-state index in [1.807, 2.05) is 20.8 Å². The lowest BCUT2D eigenvalue weighted by molar-refractivity contribution is -0.294. The van der Waals surface area contributed by atoms with Crippen LogP contribution in [0.2, 0.25) is 0 Å². The van der Waals surface area contributed by atoms with Crippen molar-refractivity contribution in [3.63, 3.8) is 0 Å².